The fraction of sp³-hybridized carbons (Fsp3) is 1.00. The second kappa shape index (κ2) is 4.56. The summed E-state index contributed by atoms with van der Waals surface area (Å²) in [5, 5.41) is 0. The fourth-order valence-electron chi connectivity index (χ4n) is 2.15. The largest absolute Gasteiger partial charge is 0.305 e. The first-order valence-corrected chi connectivity index (χ1v) is 5.60. The summed E-state index contributed by atoms with van der Waals surface area (Å²) in [4.78, 5) is 1.34. The van der Waals surface area contributed by atoms with Crippen LogP contribution in [-0.4, -0.2) is 24.0 Å². The molecule has 0 saturated carbocycles. The molecule has 0 amide bonds. The van der Waals surface area contributed by atoms with Crippen molar-refractivity contribution in [3.8, 4) is 0 Å². The van der Waals surface area contributed by atoms with Gasteiger partial charge in [-0.05, 0) is 24.7 Å². The van der Waals surface area contributed by atoms with Crippen LogP contribution >= 0.6 is 0 Å². The highest BCUT2D eigenvalue weighted by molar-refractivity contribution is 4.82. The molecule has 1 unspecified atom stereocenters. The lowest BCUT2D eigenvalue weighted by molar-refractivity contribution is -0.184. The van der Waals surface area contributed by atoms with E-state index in [-0.39, 0.29) is 12.3 Å². The molecule has 1 atom stereocenters. The van der Waals surface area contributed by atoms with Crippen LogP contribution in [0.15, 0.2) is 0 Å². The lowest BCUT2D eigenvalue weighted by Gasteiger charge is -2.40. The van der Waals surface area contributed by atoms with Gasteiger partial charge in [0.15, 0.2) is 0 Å². The number of halogens is 2. The SMILES string of the molecule is CCCN1CCC(C(C)C)CC1(F)F. The van der Waals surface area contributed by atoms with Crippen LogP contribution in [0.25, 0.3) is 0 Å². The Labute approximate surface area is 85.5 Å². The summed E-state index contributed by atoms with van der Waals surface area (Å²) in [7, 11) is 0. The van der Waals surface area contributed by atoms with Gasteiger partial charge in [0.2, 0.25) is 0 Å². The van der Waals surface area contributed by atoms with Crippen LogP contribution in [-0.2, 0) is 0 Å². The Morgan fingerprint density at radius 3 is 2.50 bits per heavy atom. The summed E-state index contributed by atoms with van der Waals surface area (Å²) in [5.41, 5.74) is 0. The summed E-state index contributed by atoms with van der Waals surface area (Å²) < 4.78 is 27.2. The van der Waals surface area contributed by atoms with Crippen LogP contribution in [0.5, 0.6) is 0 Å². The molecule has 0 aromatic heterocycles. The monoisotopic (exact) mass is 205 g/mol. The van der Waals surface area contributed by atoms with Crippen molar-refractivity contribution in [2.75, 3.05) is 13.1 Å². The van der Waals surface area contributed by atoms with Crippen molar-refractivity contribution >= 4 is 0 Å². The first kappa shape index (κ1) is 11.9. The summed E-state index contributed by atoms with van der Waals surface area (Å²) in [6, 6.07) is -2.57. The van der Waals surface area contributed by atoms with E-state index < -0.39 is 6.05 Å². The third kappa shape index (κ3) is 2.66. The van der Waals surface area contributed by atoms with E-state index >= 15 is 0 Å². The first-order valence-electron chi connectivity index (χ1n) is 5.60. The number of hydrogen-bond acceptors (Lipinski definition) is 1. The molecule has 1 fully saturated rings. The minimum absolute atomic E-state index is 0.0463. The van der Waals surface area contributed by atoms with Gasteiger partial charge in [0.05, 0.1) is 0 Å². The maximum atomic E-state index is 13.6. The van der Waals surface area contributed by atoms with Gasteiger partial charge >= 0.3 is 6.05 Å². The van der Waals surface area contributed by atoms with Crippen molar-refractivity contribution < 1.29 is 8.78 Å². The van der Waals surface area contributed by atoms with Gasteiger partial charge < -0.3 is 0 Å². The van der Waals surface area contributed by atoms with E-state index in [0.29, 0.717) is 19.0 Å². The van der Waals surface area contributed by atoms with Crippen LogP contribution in [0.1, 0.15) is 40.0 Å². The normalized spacial score (nSPS) is 28.3. The van der Waals surface area contributed by atoms with Crippen LogP contribution in [0.3, 0.4) is 0 Å². The van der Waals surface area contributed by atoms with E-state index in [0.717, 1.165) is 12.8 Å². The Balaban J connectivity index is 2.56. The van der Waals surface area contributed by atoms with E-state index in [1.165, 1.54) is 4.90 Å². The zero-order valence-electron chi connectivity index (χ0n) is 9.39. The summed E-state index contributed by atoms with van der Waals surface area (Å²) in [5.74, 6) is 0.572. The highest BCUT2D eigenvalue weighted by atomic mass is 19.3. The topological polar surface area (TPSA) is 3.24 Å². The second-order valence-corrected chi connectivity index (χ2v) is 4.65. The molecule has 1 saturated heterocycles. The predicted molar refractivity (Wildman–Crippen MR) is 54.4 cm³/mol. The minimum atomic E-state index is -2.57. The summed E-state index contributed by atoms with van der Waals surface area (Å²) in [6.45, 7) is 7.11. The van der Waals surface area contributed by atoms with Crippen molar-refractivity contribution in [1.82, 2.24) is 4.90 Å². The van der Waals surface area contributed by atoms with Crippen LogP contribution < -0.4 is 0 Å². The Morgan fingerprint density at radius 1 is 1.43 bits per heavy atom. The van der Waals surface area contributed by atoms with Crippen molar-refractivity contribution in [1.29, 1.82) is 0 Å². The summed E-state index contributed by atoms with van der Waals surface area (Å²) in [6.07, 6.45) is 1.78. The van der Waals surface area contributed by atoms with Gasteiger partial charge in [0, 0.05) is 19.5 Å². The average Bonchev–Trinajstić information content (AvgIpc) is 2.08. The van der Waals surface area contributed by atoms with Gasteiger partial charge in [-0.25, -0.2) is 4.90 Å². The maximum absolute atomic E-state index is 13.6. The molecule has 0 radical (unpaired) electrons. The van der Waals surface area contributed by atoms with Crippen LogP contribution in [0, 0.1) is 11.8 Å². The molecule has 0 aromatic rings. The zero-order valence-corrected chi connectivity index (χ0v) is 9.39. The molecule has 1 aliphatic rings. The van der Waals surface area contributed by atoms with E-state index in [1.54, 1.807) is 0 Å². The Hall–Kier alpha value is -0.180. The van der Waals surface area contributed by atoms with Gasteiger partial charge in [-0.1, -0.05) is 20.8 Å². The lowest BCUT2D eigenvalue weighted by Crippen LogP contribution is -2.49. The molecule has 1 nitrogen and oxygen atoms in total. The Morgan fingerprint density at radius 2 is 2.07 bits per heavy atom. The molecular formula is C11H21F2N. The number of hydrogen-bond donors (Lipinski definition) is 0. The predicted octanol–water partition coefficient (Wildman–Crippen LogP) is 3.36. The number of alkyl halides is 2. The molecule has 1 rings (SSSR count). The van der Waals surface area contributed by atoms with Crippen LogP contribution in [0.2, 0.25) is 0 Å². The van der Waals surface area contributed by atoms with E-state index in [1.807, 2.05) is 20.8 Å². The minimum Gasteiger partial charge on any atom is -0.245 e. The van der Waals surface area contributed by atoms with Gasteiger partial charge in [0.25, 0.3) is 0 Å². The smallest absolute Gasteiger partial charge is 0.245 e. The zero-order chi connectivity index (χ0) is 10.8. The fourth-order valence-corrected chi connectivity index (χ4v) is 2.15. The molecule has 0 spiro atoms. The lowest BCUT2D eigenvalue weighted by atomic mass is 9.85. The van der Waals surface area contributed by atoms with Crippen molar-refractivity contribution in [3.63, 3.8) is 0 Å². The van der Waals surface area contributed by atoms with Crippen LogP contribution in [0.4, 0.5) is 8.78 Å². The standard InChI is InChI=1S/C11H21F2N/c1-4-6-14-7-5-10(9(2)3)8-11(14,12)13/h9-10H,4-8H2,1-3H3. The quantitative estimate of drug-likeness (QED) is 0.639. The van der Waals surface area contributed by atoms with Crippen molar-refractivity contribution in [2.24, 2.45) is 11.8 Å². The molecule has 0 aromatic carbocycles. The van der Waals surface area contributed by atoms with Crippen molar-refractivity contribution in [3.05, 3.63) is 0 Å². The Bertz CT molecular complexity index is 180. The molecule has 14 heavy (non-hydrogen) atoms. The first-order chi connectivity index (χ1) is 6.47. The molecule has 1 aliphatic heterocycles. The van der Waals surface area contributed by atoms with Gasteiger partial charge in [-0.2, -0.15) is 8.78 Å². The van der Waals surface area contributed by atoms with Crippen molar-refractivity contribution in [2.45, 2.75) is 46.1 Å². The highest BCUT2D eigenvalue weighted by Crippen LogP contribution is 2.37. The highest BCUT2D eigenvalue weighted by Gasteiger charge is 2.43. The molecule has 0 N–H and O–H groups in total. The van der Waals surface area contributed by atoms with E-state index in [4.69, 9.17) is 0 Å². The number of rotatable bonds is 3. The molecule has 0 aliphatic carbocycles. The maximum Gasteiger partial charge on any atom is 0.305 e. The number of nitrogens with zero attached hydrogens (tertiary/aromatic N) is 1. The van der Waals surface area contributed by atoms with Gasteiger partial charge in [-0.15, -0.1) is 0 Å². The average molecular weight is 205 g/mol. The molecule has 1 heterocycles. The third-order valence-electron chi connectivity index (χ3n) is 3.18. The van der Waals surface area contributed by atoms with Gasteiger partial charge in [0.1, 0.15) is 0 Å². The van der Waals surface area contributed by atoms with E-state index in [2.05, 4.69) is 0 Å². The molecule has 0 bridgehead atoms. The third-order valence-corrected chi connectivity index (χ3v) is 3.18. The molecular weight excluding hydrogens is 184 g/mol. The number of likely N-dealkylation sites (tertiary alicyclic amines) is 1. The molecule has 3 heteroatoms. The Kier molecular flexibility index (Phi) is 3.87. The molecule has 84 valence electrons. The van der Waals surface area contributed by atoms with Gasteiger partial charge in [-0.3, -0.25) is 0 Å². The van der Waals surface area contributed by atoms with E-state index in [9.17, 15) is 8.78 Å². The summed E-state index contributed by atoms with van der Waals surface area (Å²) >= 11 is 0. The second-order valence-electron chi connectivity index (χ2n) is 4.65. The number of piperidine rings is 1.